The van der Waals surface area contributed by atoms with Gasteiger partial charge in [0, 0.05) is 26.1 Å². The Morgan fingerprint density at radius 3 is 1.01 bits per heavy atom. The molecule has 0 aromatic heterocycles. The van der Waals surface area contributed by atoms with Crippen LogP contribution in [0.2, 0.25) is 0 Å². The lowest BCUT2D eigenvalue weighted by Crippen LogP contribution is -2.32. The maximum Gasteiger partial charge on any atom is 0.409 e. The molecular weight excluding hydrogens is 859 g/mol. The van der Waals surface area contributed by atoms with Gasteiger partial charge in [-0.15, -0.1) is 0 Å². The summed E-state index contributed by atoms with van der Waals surface area (Å²) in [5, 5.41) is 0. The maximum absolute atomic E-state index is 12.6. The molecule has 0 saturated carbocycles. The highest BCUT2D eigenvalue weighted by Gasteiger charge is 2.29. The van der Waals surface area contributed by atoms with Crippen LogP contribution in [0.4, 0.5) is 4.79 Å². The van der Waals surface area contributed by atoms with Crippen LogP contribution >= 0.6 is 0 Å². The van der Waals surface area contributed by atoms with Gasteiger partial charge < -0.3 is 61.7 Å². The molecule has 0 radical (unpaired) electrons. The molecule has 0 heterocycles. The first kappa shape index (κ1) is 58.6. The van der Waals surface area contributed by atoms with Gasteiger partial charge in [0.05, 0.1) is 139 Å². The second kappa shape index (κ2) is 43.3. The van der Waals surface area contributed by atoms with Crippen molar-refractivity contribution >= 4 is 6.09 Å². The van der Waals surface area contributed by atoms with Gasteiger partial charge in [-0.3, -0.25) is 0 Å². The number of unbranched alkanes of at least 4 members (excludes halogenated alkanes) is 12. The van der Waals surface area contributed by atoms with Crippen molar-refractivity contribution in [3.63, 3.8) is 0 Å². The van der Waals surface area contributed by atoms with Crippen molar-refractivity contribution in [2.45, 2.75) is 96.3 Å². The molecule has 14 nitrogen and oxygen atoms in total. The van der Waals surface area contributed by atoms with E-state index in [1.165, 1.54) is 104 Å². The van der Waals surface area contributed by atoms with Crippen LogP contribution in [0.3, 0.4) is 0 Å². The third kappa shape index (κ3) is 30.5. The summed E-state index contributed by atoms with van der Waals surface area (Å²) in [6.45, 7) is 14.5. The Labute approximate surface area is 404 Å². The average molecular weight is 948 g/mol. The van der Waals surface area contributed by atoms with Crippen LogP contribution < -0.4 is 0 Å². The zero-order valence-corrected chi connectivity index (χ0v) is 41.6. The average Bonchev–Trinajstić information content (AvgIpc) is 3.67. The first-order chi connectivity index (χ1) is 33.2. The fourth-order valence-corrected chi connectivity index (χ4v) is 7.52. The number of fused-ring (bicyclic) bond motifs is 3. The van der Waals surface area contributed by atoms with Crippen molar-refractivity contribution in [1.82, 2.24) is 4.90 Å². The Bertz CT molecular complexity index is 1370. The fourth-order valence-electron chi connectivity index (χ4n) is 7.52. The molecule has 0 bridgehead atoms. The van der Waals surface area contributed by atoms with Crippen LogP contribution in [0.15, 0.2) is 48.5 Å². The number of carbonyl (C=O) groups excluding carboxylic acids is 1. The molecule has 0 saturated heterocycles. The van der Waals surface area contributed by atoms with E-state index in [1.54, 1.807) is 7.05 Å². The SMILES string of the molecule is CCCCCCCCCCCCCCCOCCOCCOCCOCCOCCOCCOCCOCCOCCOCCOCCN(C)C(=O)OCC1c2ccccc2-c2ccccc21. The third-order valence-electron chi connectivity index (χ3n) is 11.3. The number of amides is 1. The lowest BCUT2D eigenvalue weighted by atomic mass is 9.98. The van der Waals surface area contributed by atoms with Gasteiger partial charge in [0.2, 0.25) is 0 Å². The molecular formula is C53H89NO13. The van der Waals surface area contributed by atoms with Crippen LogP contribution in [-0.4, -0.2) is 177 Å². The second-order valence-electron chi connectivity index (χ2n) is 16.7. The van der Waals surface area contributed by atoms with Crippen molar-refractivity contribution < 1.29 is 61.6 Å². The summed E-state index contributed by atoms with van der Waals surface area (Å²) in [4.78, 5) is 14.2. The van der Waals surface area contributed by atoms with E-state index in [-0.39, 0.29) is 12.0 Å². The Hall–Kier alpha value is -2.73. The number of benzene rings is 2. The summed E-state index contributed by atoms with van der Waals surface area (Å²) in [7, 11) is 1.72. The summed E-state index contributed by atoms with van der Waals surface area (Å²) < 4.78 is 67.0. The standard InChI is InChI=1S/C53H89NO13/c1-3-4-5-6-7-8-9-10-11-12-13-14-19-25-56-27-29-58-31-33-60-35-37-62-39-41-64-43-45-66-46-44-65-42-40-63-38-36-61-34-32-59-30-28-57-26-24-54(2)53(55)67-47-52-50-22-17-15-20-48(50)49-21-16-18-23-51(49)52/h15-18,20-23,52H,3-14,19,24-47H2,1-2H3. The number of ether oxygens (including phenoxy) is 12. The quantitative estimate of drug-likeness (QED) is 0.0585. The number of hydrogen-bond acceptors (Lipinski definition) is 13. The molecule has 0 atom stereocenters. The summed E-state index contributed by atoms with van der Waals surface area (Å²) in [5.74, 6) is 0.0381. The zero-order chi connectivity index (χ0) is 47.3. The molecule has 1 aliphatic carbocycles. The van der Waals surface area contributed by atoms with Crippen molar-refractivity contribution in [2.75, 3.05) is 166 Å². The number of hydrogen-bond donors (Lipinski definition) is 0. The summed E-state index contributed by atoms with van der Waals surface area (Å²) >= 11 is 0. The Balaban J connectivity index is 0.912. The van der Waals surface area contributed by atoms with Gasteiger partial charge >= 0.3 is 6.09 Å². The van der Waals surface area contributed by atoms with Gasteiger partial charge in [-0.05, 0) is 28.7 Å². The highest BCUT2D eigenvalue weighted by Crippen LogP contribution is 2.44. The number of likely N-dealkylation sites (N-methyl/N-ethyl adjacent to an activating group) is 1. The van der Waals surface area contributed by atoms with Gasteiger partial charge in [-0.1, -0.05) is 133 Å². The minimum Gasteiger partial charge on any atom is -0.448 e. The van der Waals surface area contributed by atoms with Gasteiger partial charge in [-0.25, -0.2) is 4.79 Å². The van der Waals surface area contributed by atoms with Crippen molar-refractivity contribution in [3.8, 4) is 11.1 Å². The van der Waals surface area contributed by atoms with Crippen molar-refractivity contribution in [3.05, 3.63) is 59.7 Å². The normalized spacial score (nSPS) is 12.2. The van der Waals surface area contributed by atoms with Crippen LogP contribution in [0.1, 0.15) is 107 Å². The summed E-state index contributed by atoms with van der Waals surface area (Å²) in [6, 6.07) is 16.6. The number of rotatable bonds is 49. The van der Waals surface area contributed by atoms with Gasteiger partial charge in [0.25, 0.3) is 0 Å². The minimum absolute atomic E-state index is 0.0381. The molecule has 0 fully saturated rings. The highest BCUT2D eigenvalue weighted by molar-refractivity contribution is 5.79. The van der Waals surface area contributed by atoms with E-state index in [4.69, 9.17) is 56.8 Å². The number of carbonyl (C=O) groups is 1. The minimum atomic E-state index is -0.362. The van der Waals surface area contributed by atoms with E-state index in [9.17, 15) is 4.79 Å². The molecule has 0 aliphatic heterocycles. The molecule has 0 spiro atoms. The molecule has 14 heteroatoms. The molecule has 384 valence electrons. The van der Waals surface area contributed by atoms with Gasteiger partial charge in [0.1, 0.15) is 6.61 Å². The topological polar surface area (TPSA) is 131 Å². The van der Waals surface area contributed by atoms with Crippen molar-refractivity contribution in [2.24, 2.45) is 0 Å². The Morgan fingerprint density at radius 2 is 0.672 bits per heavy atom. The van der Waals surface area contributed by atoms with Crippen LogP contribution in [0, 0.1) is 0 Å². The summed E-state index contributed by atoms with van der Waals surface area (Å²) in [5.41, 5.74) is 4.80. The second-order valence-corrected chi connectivity index (χ2v) is 16.7. The first-order valence-corrected chi connectivity index (χ1v) is 25.6. The van der Waals surface area contributed by atoms with Crippen LogP contribution in [0.5, 0.6) is 0 Å². The molecule has 1 amide bonds. The molecule has 2 aromatic carbocycles. The van der Waals surface area contributed by atoms with E-state index >= 15 is 0 Å². The van der Waals surface area contributed by atoms with E-state index in [2.05, 4.69) is 31.2 Å². The van der Waals surface area contributed by atoms with Crippen molar-refractivity contribution in [1.29, 1.82) is 0 Å². The van der Waals surface area contributed by atoms with E-state index < -0.39 is 0 Å². The largest absolute Gasteiger partial charge is 0.448 e. The fraction of sp³-hybridized carbons (Fsp3) is 0.755. The first-order valence-electron chi connectivity index (χ1n) is 25.6. The predicted octanol–water partition coefficient (Wildman–Crippen LogP) is 9.14. The van der Waals surface area contributed by atoms with Gasteiger partial charge in [0.15, 0.2) is 0 Å². The van der Waals surface area contributed by atoms with E-state index in [1.807, 2.05) is 24.3 Å². The van der Waals surface area contributed by atoms with E-state index in [0.717, 1.165) is 13.0 Å². The smallest absolute Gasteiger partial charge is 0.409 e. The molecule has 0 N–H and O–H groups in total. The number of nitrogens with zero attached hydrogens (tertiary/aromatic N) is 1. The van der Waals surface area contributed by atoms with Gasteiger partial charge in [-0.2, -0.15) is 0 Å². The molecule has 1 aliphatic rings. The molecule has 2 aromatic rings. The monoisotopic (exact) mass is 948 g/mol. The maximum atomic E-state index is 12.6. The lowest BCUT2D eigenvalue weighted by molar-refractivity contribution is -0.0276. The van der Waals surface area contributed by atoms with Crippen LogP contribution in [-0.2, 0) is 56.8 Å². The van der Waals surface area contributed by atoms with E-state index in [0.29, 0.717) is 152 Å². The molecule has 0 unspecified atom stereocenters. The Kier molecular flexibility index (Phi) is 37.9. The zero-order valence-electron chi connectivity index (χ0n) is 41.6. The van der Waals surface area contributed by atoms with Crippen LogP contribution in [0.25, 0.3) is 11.1 Å². The predicted molar refractivity (Wildman–Crippen MR) is 262 cm³/mol. The lowest BCUT2D eigenvalue weighted by Gasteiger charge is -2.19. The Morgan fingerprint density at radius 1 is 0.388 bits per heavy atom. The highest BCUT2D eigenvalue weighted by atomic mass is 16.6. The summed E-state index contributed by atoms with van der Waals surface area (Å²) in [6.07, 6.45) is 17.4. The third-order valence-corrected chi connectivity index (χ3v) is 11.3. The molecule has 67 heavy (non-hydrogen) atoms. The molecule has 3 rings (SSSR count).